The molecule has 136 valence electrons. The summed E-state index contributed by atoms with van der Waals surface area (Å²) in [5, 5.41) is 3.79. The average Bonchev–Trinajstić information content (AvgIpc) is 2.99. The maximum atomic E-state index is 12.6. The number of nitrogens with one attached hydrogen (secondary N) is 1. The summed E-state index contributed by atoms with van der Waals surface area (Å²) in [4.78, 5) is 29.9. The number of methoxy groups -OCH3 is 1. The Morgan fingerprint density at radius 2 is 1.88 bits per heavy atom. The Balaban J connectivity index is 2.11. The van der Waals surface area contributed by atoms with Gasteiger partial charge in [-0.15, -0.1) is 11.3 Å². The van der Waals surface area contributed by atoms with Crippen LogP contribution in [0.5, 0.6) is 5.75 Å². The van der Waals surface area contributed by atoms with Crippen molar-refractivity contribution in [2.45, 2.75) is 6.92 Å². The molecule has 9 heteroatoms. The van der Waals surface area contributed by atoms with Crippen LogP contribution in [0.4, 0.5) is 16.6 Å². The van der Waals surface area contributed by atoms with Gasteiger partial charge < -0.3 is 15.8 Å². The van der Waals surface area contributed by atoms with Gasteiger partial charge in [-0.25, -0.2) is 9.78 Å². The molecule has 0 spiro atoms. The van der Waals surface area contributed by atoms with Gasteiger partial charge in [0.05, 0.1) is 18.5 Å². The molecule has 1 aromatic carbocycles. The molecule has 0 bridgehead atoms. The van der Waals surface area contributed by atoms with E-state index in [4.69, 9.17) is 10.5 Å². The smallest absolute Gasteiger partial charge is 0.332 e. The van der Waals surface area contributed by atoms with Crippen LogP contribution in [0.1, 0.15) is 4.88 Å². The molecule has 0 amide bonds. The molecule has 0 aliphatic heterocycles. The predicted molar refractivity (Wildman–Crippen MR) is 103 cm³/mol. The van der Waals surface area contributed by atoms with Gasteiger partial charge in [-0.3, -0.25) is 13.9 Å². The summed E-state index contributed by atoms with van der Waals surface area (Å²) in [5.74, 6) is 0.773. The number of aryl methyl sites for hydroxylation is 1. The van der Waals surface area contributed by atoms with Gasteiger partial charge in [-0.05, 0) is 19.1 Å². The average molecular weight is 373 g/mol. The van der Waals surface area contributed by atoms with E-state index in [0.717, 1.165) is 15.1 Å². The number of thiazole rings is 1. The number of aromatic nitrogens is 3. The zero-order valence-corrected chi connectivity index (χ0v) is 15.7. The molecule has 0 atom stereocenters. The maximum absolute atomic E-state index is 12.6. The third kappa shape index (κ3) is 2.86. The first-order chi connectivity index (χ1) is 12.3. The molecule has 2 heterocycles. The van der Waals surface area contributed by atoms with E-state index in [0.29, 0.717) is 16.6 Å². The highest BCUT2D eigenvalue weighted by molar-refractivity contribution is 7.16. The maximum Gasteiger partial charge on any atom is 0.332 e. The summed E-state index contributed by atoms with van der Waals surface area (Å²) in [6, 6.07) is 7.46. The zero-order chi connectivity index (χ0) is 19.0. The van der Waals surface area contributed by atoms with Crippen LogP contribution in [0.25, 0.3) is 11.3 Å². The highest BCUT2D eigenvalue weighted by Crippen LogP contribution is 2.34. The molecule has 0 aliphatic rings. The fraction of sp³-hybridized carbons (Fsp3) is 0.235. The van der Waals surface area contributed by atoms with Crippen LogP contribution in [0.3, 0.4) is 0 Å². The Kier molecular flexibility index (Phi) is 4.56. The van der Waals surface area contributed by atoms with E-state index < -0.39 is 11.2 Å². The lowest BCUT2D eigenvalue weighted by Crippen LogP contribution is -2.39. The first-order valence-electron chi connectivity index (χ1n) is 7.78. The highest BCUT2D eigenvalue weighted by Gasteiger charge is 2.20. The Bertz CT molecular complexity index is 1100. The minimum Gasteiger partial charge on any atom is -0.495 e. The minimum absolute atomic E-state index is 0.0929. The van der Waals surface area contributed by atoms with Crippen molar-refractivity contribution in [1.82, 2.24) is 14.1 Å². The lowest BCUT2D eigenvalue weighted by atomic mass is 10.2. The number of para-hydroxylation sites is 2. The van der Waals surface area contributed by atoms with Gasteiger partial charge in [0.2, 0.25) is 0 Å². The topological polar surface area (TPSA) is 104 Å². The summed E-state index contributed by atoms with van der Waals surface area (Å²) in [6.07, 6.45) is 0. The molecule has 3 N–H and O–H groups in total. The first-order valence-corrected chi connectivity index (χ1v) is 8.60. The second kappa shape index (κ2) is 6.68. The van der Waals surface area contributed by atoms with Crippen LogP contribution in [0.2, 0.25) is 0 Å². The van der Waals surface area contributed by atoms with Crippen molar-refractivity contribution in [3.63, 3.8) is 0 Å². The van der Waals surface area contributed by atoms with Crippen molar-refractivity contribution in [1.29, 1.82) is 0 Å². The van der Waals surface area contributed by atoms with Crippen molar-refractivity contribution in [3.05, 3.63) is 50.0 Å². The largest absolute Gasteiger partial charge is 0.495 e. The molecule has 0 aliphatic carbocycles. The Hall–Kier alpha value is -3.07. The number of rotatable bonds is 4. The van der Waals surface area contributed by atoms with Gasteiger partial charge in [0, 0.05) is 19.0 Å². The molecule has 0 unspecified atom stereocenters. The van der Waals surface area contributed by atoms with Crippen molar-refractivity contribution in [2.24, 2.45) is 14.1 Å². The number of ether oxygens (including phenoxy) is 1. The summed E-state index contributed by atoms with van der Waals surface area (Å²) in [5.41, 5.74) is 6.53. The van der Waals surface area contributed by atoms with Gasteiger partial charge in [-0.2, -0.15) is 0 Å². The van der Waals surface area contributed by atoms with E-state index in [9.17, 15) is 9.59 Å². The minimum atomic E-state index is -0.475. The Morgan fingerprint density at radius 1 is 1.19 bits per heavy atom. The molecular weight excluding hydrogens is 354 g/mol. The van der Waals surface area contributed by atoms with Crippen LogP contribution in [0.15, 0.2) is 33.9 Å². The number of hydrogen-bond acceptors (Lipinski definition) is 7. The molecule has 26 heavy (non-hydrogen) atoms. The molecule has 8 nitrogen and oxygen atoms in total. The first kappa shape index (κ1) is 17.7. The quantitative estimate of drug-likeness (QED) is 0.723. The van der Waals surface area contributed by atoms with E-state index in [1.54, 1.807) is 7.11 Å². The number of hydrogen-bond donors (Lipinski definition) is 2. The van der Waals surface area contributed by atoms with E-state index in [1.807, 2.05) is 31.2 Å². The van der Waals surface area contributed by atoms with Gasteiger partial charge in [-0.1, -0.05) is 12.1 Å². The standard InChI is InChI=1S/C17H19N5O3S/c1-9-13(12-14(18)21(2)17(24)22(3)15(12)23)20-16(26-9)19-10-7-5-6-8-11(10)25-4/h5-8H,18H2,1-4H3,(H,19,20). The van der Waals surface area contributed by atoms with Gasteiger partial charge in [0.25, 0.3) is 5.56 Å². The van der Waals surface area contributed by atoms with Crippen molar-refractivity contribution in [2.75, 3.05) is 18.2 Å². The third-order valence-electron chi connectivity index (χ3n) is 4.09. The normalized spacial score (nSPS) is 10.8. The molecule has 3 rings (SSSR count). The fourth-order valence-corrected chi connectivity index (χ4v) is 3.46. The van der Waals surface area contributed by atoms with Crippen LogP contribution in [-0.4, -0.2) is 21.2 Å². The van der Waals surface area contributed by atoms with Gasteiger partial charge in [0.15, 0.2) is 5.13 Å². The number of anilines is 3. The monoisotopic (exact) mass is 373 g/mol. The van der Waals surface area contributed by atoms with Crippen molar-refractivity contribution >= 4 is 28.0 Å². The van der Waals surface area contributed by atoms with Gasteiger partial charge in [0.1, 0.15) is 17.1 Å². The second-order valence-corrected chi connectivity index (χ2v) is 6.92. The van der Waals surface area contributed by atoms with Gasteiger partial charge >= 0.3 is 5.69 Å². The van der Waals surface area contributed by atoms with Crippen LogP contribution in [-0.2, 0) is 14.1 Å². The predicted octanol–water partition coefficient (Wildman–Crippen LogP) is 1.85. The lowest BCUT2D eigenvalue weighted by molar-refractivity contribution is 0.417. The summed E-state index contributed by atoms with van der Waals surface area (Å²) >= 11 is 1.39. The number of nitrogens with two attached hydrogens (primary N) is 1. The van der Waals surface area contributed by atoms with Crippen molar-refractivity contribution < 1.29 is 4.74 Å². The zero-order valence-electron chi connectivity index (χ0n) is 14.9. The Labute approximate surface area is 153 Å². The van der Waals surface area contributed by atoms with E-state index >= 15 is 0 Å². The molecular formula is C17H19N5O3S. The lowest BCUT2D eigenvalue weighted by Gasteiger charge is -2.10. The highest BCUT2D eigenvalue weighted by atomic mass is 32.1. The molecule has 0 radical (unpaired) electrons. The molecule has 0 saturated heterocycles. The van der Waals surface area contributed by atoms with E-state index in [2.05, 4.69) is 10.3 Å². The van der Waals surface area contributed by atoms with Crippen molar-refractivity contribution in [3.8, 4) is 17.0 Å². The molecule has 0 saturated carbocycles. The Morgan fingerprint density at radius 3 is 2.58 bits per heavy atom. The number of benzene rings is 1. The van der Waals surface area contributed by atoms with E-state index in [1.165, 1.54) is 30.0 Å². The fourth-order valence-electron chi connectivity index (χ4n) is 2.63. The molecule has 2 aromatic heterocycles. The van der Waals surface area contributed by atoms with Crippen LogP contribution >= 0.6 is 11.3 Å². The second-order valence-electron chi connectivity index (χ2n) is 5.72. The number of nitrogen functional groups attached to an aromatic ring is 1. The number of nitrogens with zero attached hydrogens (tertiary/aromatic N) is 3. The van der Waals surface area contributed by atoms with Crippen LogP contribution < -0.4 is 27.0 Å². The third-order valence-corrected chi connectivity index (χ3v) is 4.98. The summed E-state index contributed by atoms with van der Waals surface area (Å²) in [6.45, 7) is 1.85. The summed E-state index contributed by atoms with van der Waals surface area (Å²) in [7, 11) is 4.54. The SMILES string of the molecule is COc1ccccc1Nc1nc(-c2c(N)n(C)c(=O)n(C)c2=O)c(C)s1. The molecule has 3 aromatic rings. The molecule has 0 fully saturated rings. The van der Waals surface area contributed by atoms with Crippen LogP contribution in [0, 0.1) is 6.92 Å². The summed E-state index contributed by atoms with van der Waals surface area (Å²) < 4.78 is 7.59. The van der Waals surface area contributed by atoms with E-state index in [-0.39, 0.29) is 11.4 Å².